The summed E-state index contributed by atoms with van der Waals surface area (Å²) < 4.78 is 0. The van der Waals surface area contributed by atoms with Gasteiger partial charge < -0.3 is 16.0 Å². The summed E-state index contributed by atoms with van der Waals surface area (Å²) in [5, 5.41) is 2.92. The zero-order chi connectivity index (χ0) is 15.0. The van der Waals surface area contributed by atoms with Crippen molar-refractivity contribution >= 4 is 23.0 Å². The Kier molecular flexibility index (Phi) is 3.56. The smallest absolute Gasteiger partial charge is 0.228 e. The summed E-state index contributed by atoms with van der Waals surface area (Å²) in [6, 6.07) is 4.02. The lowest BCUT2D eigenvalue weighted by Crippen LogP contribution is -2.40. The van der Waals surface area contributed by atoms with Crippen LogP contribution in [0, 0.1) is 5.41 Å². The number of carbonyl (C=O) groups is 1. The highest BCUT2D eigenvalue weighted by atomic mass is 16.1. The zero-order valence-corrected chi connectivity index (χ0v) is 13.0. The molecule has 1 amide bonds. The van der Waals surface area contributed by atoms with E-state index in [0.717, 1.165) is 35.7 Å². The number of nitrogens with one attached hydrogen (secondary N) is 1. The molecule has 3 N–H and O–H groups in total. The minimum Gasteiger partial charge on any atom is -0.397 e. The van der Waals surface area contributed by atoms with Gasteiger partial charge in [0.1, 0.15) is 0 Å². The maximum atomic E-state index is 11.5. The topological polar surface area (TPSA) is 58.4 Å². The standard InChI is InChI=1S/C17H25N3O/c1-3-17(4-2)5-7-20(8-6-17)15-11-14-12(9-13(15)18)10-16(21)19-14/h9,11H,3-8,10,18H2,1-2H3,(H,19,21). The van der Waals surface area contributed by atoms with Crippen LogP contribution >= 0.6 is 0 Å². The molecule has 0 saturated carbocycles. The summed E-state index contributed by atoms with van der Waals surface area (Å²) >= 11 is 0. The Hall–Kier alpha value is -1.71. The quantitative estimate of drug-likeness (QED) is 0.840. The Balaban J connectivity index is 1.80. The number of benzene rings is 1. The average Bonchev–Trinajstić information content (AvgIpc) is 2.85. The lowest BCUT2D eigenvalue weighted by atomic mass is 9.74. The van der Waals surface area contributed by atoms with Crippen molar-refractivity contribution in [2.24, 2.45) is 5.41 Å². The first-order chi connectivity index (χ1) is 10.1. The van der Waals surface area contributed by atoms with Gasteiger partial charge in [-0.1, -0.05) is 26.7 Å². The molecule has 21 heavy (non-hydrogen) atoms. The first kappa shape index (κ1) is 14.2. The molecular formula is C17H25N3O. The maximum absolute atomic E-state index is 11.5. The molecule has 0 aliphatic carbocycles. The minimum atomic E-state index is 0.0659. The molecule has 2 aliphatic rings. The molecule has 0 aromatic heterocycles. The van der Waals surface area contributed by atoms with Gasteiger partial charge in [0, 0.05) is 18.8 Å². The molecule has 0 unspecified atom stereocenters. The van der Waals surface area contributed by atoms with Gasteiger partial charge in [-0.15, -0.1) is 0 Å². The van der Waals surface area contributed by atoms with Gasteiger partial charge in [0.2, 0.25) is 5.91 Å². The van der Waals surface area contributed by atoms with Crippen LogP contribution < -0.4 is 16.0 Å². The van der Waals surface area contributed by atoms with E-state index in [1.165, 1.54) is 25.7 Å². The number of fused-ring (bicyclic) bond motifs is 1. The Morgan fingerprint density at radius 2 is 1.90 bits per heavy atom. The second-order valence-electron chi connectivity index (χ2n) is 6.49. The van der Waals surface area contributed by atoms with E-state index in [1.54, 1.807) is 0 Å². The van der Waals surface area contributed by atoms with E-state index in [2.05, 4.69) is 30.1 Å². The van der Waals surface area contributed by atoms with Crippen LogP contribution in [0.4, 0.5) is 17.1 Å². The van der Waals surface area contributed by atoms with Crippen LogP contribution in [0.25, 0.3) is 0 Å². The van der Waals surface area contributed by atoms with E-state index in [4.69, 9.17) is 5.73 Å². The number of nitrogens with zero attached hydrogens (tertiary/aromatic N) is 1. The number of amides is 1. The minimum absolute atomic E-state index is 0.0659. The number of nitrogens with two attached hydrogens (primary N) is 1. The van der Waals surface area contributed by atoms with Crippen molar-refractivity contribution in [3.8, 4) is 0 Å². The van der Waals surface area contributed by atoms with Gasteiger partial charge in [0.25, 0.3) is 0 Å². The highest BCUT2D eigenvalue weighted by Crippen LogP contribution is 2.41. The number of anilines is 3. The summed E-state index contributed by atoms with van der Waals surface area (Å²) in [5.74, 6) is 0.0659. The van der Waals surface area contributed by atoms with Crippen LogP contribution in [-0.4, -0.2) is 19.0 Å². The maximum Gasteiger partial charge on any atom is 0.228 e. The van der Waals surface area contributed by atoms with E-state index in [-0.39, 0.29) is 5.91 Å². The zero-order valence-electron chi connectivity index (χ0n) is 13.0. The number of hydrogen-bond acceptors (Lipinski definition) is 3. The van der Waals surface area contributed by atoms with Crippen LogP contribution in [-0.2, 0) is 11.2 Å². The number of piperidine rings is 1. The molecule has 4 heteroatoms. The summed E-state index contributed by atoms with van der Waals surface area (Å²) in [5.41, 5.74) is 10.6. The van der Waals surface area contributed by atoms with E-state index in [0.29, 0.717) is 11.8 Å². The van der Waals surface area contributed by atoms with Crippen LogP contribution in [0.15, 0.2) is 12.1 Å². The third kappa shape index (κ3) is 2.47. The monoisotopic (exact) mass is 287 g/mol. The lowest BCUT2D eigenvalue weighted by Gasteiger charge is -2.42. The highest BCUT2D eigenvalue weighted by Gasteiger charge is 2.32. The van der Waals surface area contributed by atoms with Crippen molar-refractivity contribution < 1.29 is 4.79 Å². The molecule has 1 aromatic carbocycles. The van der Waals surface area contributed by atoms with Gasteiger partial charge in [-0.25, -0.2) is 0 Å². The van der Waals surface area contributed by atoms with E-state index in [9.17, 15) is 4.79 Å². The molecule has 1 aromatic rings. The fourth-order valence-electron chi connectivity index (χ4n) is 3.74. The average molecular weight is 287 g/mol. The highest BCUT2D eigenvalue weighted by molar-refractivity contribution is 6.00. The molecule has 0 bridgehead atoms. The fraction of sp³-hybridized carbons (Fsp3) is 0.588. The second kappa shape index (κ2) is 5.24. The van der Waals surface area contributed by atoms with Gasteiger partial charge in [0.15, 0.2) is 0 Å². The van der Waals surface area contributed by atoms with Gasteiger partial charge in [-0.05, 0) is 36.0 Å². The molecule has 0 atom stereocenters. The Labute approximate surface area is 126 Å². The van der Waals surface area contributed by atoms with Crippen molar-refractivity contribution in [3.05, 3.63) is 17.7 Å². The number of hydrogen-bond donors (Lipinski definition) is 2. The molecule has 2 aliphatic heterocycles. The molecule has 0 spiro atoms. The van der Waals surface area contributed by atoms with Crippen LogP contribution in [0.3, 0.4) is 0 Å². The van der Waals surface area contributed by atoms with Gasteiger partial charge >= 0.3 is 0 Å². The Morgan fingerprint density at radius 3 is 2.52 bits per heavy atom. The van der Waals surface area contributed by atoms with Crippen molar-refractivity contribution in [1.82, 2.24) is 0 Å². The molecular weight excluding hydrogens is 262 g/mol. The van der Waals surface area contributed by atoms with Gasteiger partial charge in [-0.3, -0.25) is 4.79 Å². The summed E-state index contributed by atoms with van der Waals surface area (Å²) in [6.45, 7) is 6.72. The van der Waals surface area contributed by atoms with Gasteiger partial charge in [-0.2, -0.15) is 0 Å². The van der Waals surface area contributed by atoms with Crippen molar-refractivity contribution in [2.45, 2.75) is 46.0 Å². The Bertz CT molecular complexity index is 553. The first-order valence-electron chi connectivity index (χ1n) is 8.04. The molecule has 1 saturated heterocycles. The lowest BCUT2D eigenvalue weighted by molar-refractivity contribution is -0.115. The molecule has 2 heterocycles. The van der Waals surface area contributed by atoms with Crippen molar-refractivity contribution in [2.75, 3.05) is 29.0 Å². The van der Waals surface area contributed by atoms with Crippen LogP contribution in [0.1, 0.15) is 45.1 Å². The molecule has 114 valence electrons. The van der Waals surface area contributed by atoms with E-state index in [1.807, 2.05) is 6.07 Å². The summed E-state index contributed by atoms with van der Waals surface area (Å²) in [7, 11) is 0. The summed E-state index contributed by atoms with van der Waals surface area (Å²) in [4.78, 5) is 13.9. The molecule has 4 nitrogen and oxygen atoms in total. The third-order valence-corrected chi connectivity index (χ3v) is 5.54. The number of carbonyl (C=O) groups excluding carboxylic acids is 1. The first-order valence-corrected chi connectivity index (χ1v) is 8.04. The number of rotatable bonds is 3. The SMILES string of the molecule is CCC1(CC)CCN(c2cc3c(cc2N)CC(=O)N3)CC1. The molecule has 3 rings (SSSR count). The van der Waals surface area contributed by atoms with Crippen molar-refractivity contribution in [3.63, 3.8) is 0 Å². The normalized spacial score (nSPS) is 20.3. The number of nitrogen functional groups attached to an aromatic ring is 1. The second-order valence-corrected chi connectivity index (χ2v) is 6.49. The third-order valence-electron chi connectivity index (χ3n) is 5.54. The van der Waals surface area contributed by atoms with Crippen molar-refractivity contribution in [1.29, 1.82) is 0 Å². The van der Waals surface area contributed by atoms with Crippen LogP contribution in [0.2, 0.25) is 0 Å². The largest absolute Gasteiger partial charge is 0.397 e. The molecule has 1 fully saturated rings. The van der Waals surface area contributed by atoms with E-state index >= 15 is 0 Å². The molecule has 0 radical (unpaired) electrons. The Morgan fingerprint density at radius 1 is 1.24 bits per heavy atom. The fourth-order valence-corrected chi connectivity index (χ4v) is 3.74. The predicted octanol–water partition coefficient (Wildman–Crippen LogP) is 3.17. The summed E-state index contributed by atoms with van der Waals surface area (Å²) in [6.07, 6.45) is 5.42. The van der Waals surface area contributed by atoms with E-state index < -0.39 is 0 Å². The predicted molar refractivity (Wildman–Crippen MR) is 87.7 cm³/mol. The van der Waals surface area contributed by atoms with Crippen LogP contribution in [0.5, 0.6) is 0 Å². The van der Waals surface area contributed by atoms with Gasteiger partial charge in [0.05, 0.1) is 17.8 Å².